The quantitative estimate of drug-likeness (QED) is 0.347. The first-order valence-corrected chi connectivity index (χ1v) is 13.5. The normalized spacial score (nSPS) is 20.7. The van der Waals surface area contributed by atoms with E-state index in [2.05, 4.69) is 4.98 Å². The number of nitrogens with zero attached hydrogens (tertiary/aromatic N) is 3. The van der Waals surface area contributed by atoms with E-state index in [-0.39, 0.29) is 19.9 Å². The van der Waals surface area contributed by atoms with Crippen LogP contribution >= 0.6 is 35.4 Å². The van der Waals surface area contributed by atoms with E-state index in [0.717, 1.165) is 28.4 Å². The summed E-state index contributed by atoms with van der Waals surface area (Å²) in [6, 6.07) is 8.04. The van der Waals surface area contributed by atoms with Gasteiger partial charge in [-0.05, 0) is 43.0 Å². The van der Waals surface area contributed by atoms with Crippen LogP contribution < -0.4 is 5.73 Å². The van der Waals surface area contributed by atoms with Crippen molar-refractivity contribution in [1.82, 2.24) is 13.7 Å². The number of aromatic nitrogens is 2. The number of hydrogen-bond donors (Lipinski definition) is 1. The Hall–Kier alpha value is -2.24. The van der Waals surface area contributed by atoms with E-state index in [4.69, 9.17) is 45.9 Å². The third kappa shape index (κ3) is 4.77. The predicted octanol–water partition coefficient (Wildman–Crippen LogP) is 3.97. The maximum atomic E-state index is 13.0. The molecular weight excluding hydrogens is 531 g/mol. The Labute approximate surface area is 219 Å². The minimum Gasteiger partial charge on any atom is -0.460 e. The van der Waals surface area contributed by atoms with E-state index in [1.807, 2.05) is 28.9 Å². The Kier molecular flexibility index (Phi) is 7.40. The Bertz CT molecular complexity index is 1400. The number of nitrogens with two attached hydrogens (primary N) is 1. The van der Waals surface area contributed by atoms with Crippen molar-refractivity contribution in [2.75, 3.05) is 13.6 Å². The number of esters is 1. The van der Waals surface area contributed by atoms with Gasteiger partial charge in [0.1, 0.15) is 23.2 Å². The summed E-state index contributed by atoms with van der Waals surface area (Å²) in [6.45, 7) is -0.518. The molecule has 4 rings (SSSR count). The Morgan fingerprint density at radius 3 is 2.83 bits per heavy atom. The van der Waals surface area contributed by atoms with Gasteiger partial charge in [0, 0.05) is 25.6 Å². The first kappa shape index (κ1) is 25.8. The van der Waals surface area contributed by atoms with E-state index in [9.17, 15) is 13.2 Å². The van der Waals surface area contributed by atoms with Crippen LogP contribution in [-0.2, 0) is 25.0 Å². The molecular formula is C23H24Cl2N4O4S2. The number of thiocarbonyl (C=S) groups is 1. The van der Waals surface area contributed by atoms with Gasteiger partial charge in [0.15, 0.2) is 0 Å². The zero-order valence-corrected chi connectivity index (χ0v) is 22.0. The maximum Gasteiger partial charge on any atom is 0.321 e. The molecule has 0 amide bonds. The van der Waals surface area contributed by atoms with Crippen LogP contribution in [0.15, 0.2) is 53.8 Å². The number of sulfonamides is 1. The van der Waals surface area contributed by atoms with Crippen LogP contribution in [0.5, 0.6) is 0 Å². The molecule has 3 aromatic rings. The lowest BCUT2D eigenvalue weighted by Gasteiger charge is -2.43. The number of benzene rings is 1. The molecule has 2 unspecified atom stereocenters. The molecule has 12 heteroatoms. The molecule has 0 aliphatic heterocycles. The highest BCUT2D eigenvalue weighted by atomic mass is 35.5. The average molecular weight is 556 g/mol. The molecule has 0 radical (unpaired) electrons. The third-order valence-corrected chi connectivity index (χ3v) is 9.55. The fraction of sp³-hybridized carbons (Fsp3) is 0.348. The number of pyridine rings is 1. The molecule has 1 aromatic carbocycles. The van der Waals surface area contributed by atoms with Crippen molar-refractivity contribution in [3.63, 3.8) is 0 Å². The summed E-state index contributed by atoms with van der Waals surface area (Å²) in [5, 5.41) is -0.00826. The maximum absolute atomic E-state index is 13.0. The lowest BCUT2D eigenvalue weighted by atomic mass is 9.67. The first-order valence-electron chi connectivity index (χ1n) is 10.9. The van der Waals surface area contributed by atoms with Gasteiger partial charge >= 0.3 is 5.97 Å². The van der Waals surface area contributed by atoms with Gasteiger partial charge < -0.3 is 14.9 Å². The lowest BCUT2D eigenvalue weighted by molar-refractivity contribution is -0.153. The van der Waals surface area contributed by atoms with Crippen LogP contribution in [-0.4, -0.2) is 52.8 Å². The molecule has 8 nitrogen and oxygen atoms in total. The van der Waals surface area contributed by atoms with E-state index >= 15 is 0 Å². The molecule has 0 saturated heterocycles. The fourth-order valence-corrected chi connectivity index (χ4v) is 6.75. The third-order valence-electron chi connectivity index (χ3n) is 6.41. The molecule has 35 heavy (non-hydrogen) atoms. The number of hydrogen-bond acceptors (Lipinski definition) is 6. The van der Waals surface area contributed by atoms with Gasteiger partial charge in [0.25, 0.3) is 0 Å². The molecule has 1 fully saturated rings. The van der Waals surface area contributed by atoms with E-state index in [1.165, 1.54) is 25.2 Å². The zero-order chi connectivity index (χ0) is 25.4. The number of rotatable bonds is 7. The molecule has 2 heterocycles. The average Bonchev–Trinajstić information content (AvgIpc) is 3.29. The van der Waals surface area contributed by atoms with Gasteiger partial charge in [-0.1, -0.05) is 54.0 Å². The summed E-state index contributed by atoms with van der Waals surface area (Å²) in [7, 11) is -2.81. The fourth-order valence-electron chi connectivity index (χ4n) is 4.55. The van der Waals surface area contributed by atoms with Gasteiger partial charge in [-0.2, -0.15) is 4.31 Å². The minimum absolute atomic E-state index is 0.0991. The number of halogens is 2. The number of imidazole rings is 1. The highest BCUT2D eigenvalue weighted by Crippen LogP contribution is 2.42. The molecule has 0 bridgehead atoms. The Balaban J connectivity index is 1.59. The van der Waals surface area contributed by atoms with Crippen molar-refractivity contribution in [2.45, 2.75) is 42.1 Å². The van der Waals surface area contributed by atoms with Crippen molar-refractivity contribution >= 4 is 62.0 Å². The van der Waals surface area contributed by atoms with Crippen molar-refractivity contribution in [2.24, 2.45) is 5.73 Å². The number of carbonyl (C=O) groups excluding carboxylic acids is 1. The van der Waals surface area contributed by atoms with Crippen LogP contribution in [0.4, 0.5) is 0 Å². The standard InChI is InChI=1S/C23H24Cl2N4O4S2/c1-28(35(31,32)17-6-4-5-16(24)21(17)25)14-20(30)33-18-7-2-3-10-23(18,22(26)34)15-8-9-19-27-11-12-29(19)13-15/h4-6,8-9,11-13,18H,2-3,7,10,14H2,1H3,(H2,26,34). The molecule has 1 saturated carbocycles. The molecule has 1 aliphatic carbocycles. The Morgan fingerprint density at radius 2 is 2.09 bits per heavy atom. The summed E-state index contributed by atoms with van der Waals surface area (Å²) in [5.74, 6) is -0.717. The van der Waals surface area contributed by atoms with Gasteiger partial charge in [-0.25, -0.2) is 13.4 Å². The highest BCUT2D eigenvalue weighted by Gasteiger charge is 2.47. The monoisotopic (exact) mass is 554 g/mol. The summed E-state index contributed by atoms with van der Waals surface area (Å²) >= 11 is 17.6. The van der Waals surface area contributed by atoms with Crippen molar-refractivity contribution < 1.29 is 17.9 Å². The van der Waals surface area contributed by atoms with E-state index in [0.29, 0.717) is 12.8 Å². The van der Waals surface area contributed by atoms with Crippen molar-refractivity contribution in [1.29, 1.82) is 0 Å². The number of fused-ring (bicyclic) bond motifs is 1. The van der Waals surface area contributed by atoms with Gasteiger partial charge in [-0.3, -0.25) is 4.79 Å². The largest absolute Gasteiger partial charge is 0.460 e. The summed E-state index contributed by atoms with van der Waals surface area (Å²) in [4.78, 5) is 17.3. The second kappa shape index (κ2) is 10.0. The summed E-state index contributed by atoms with van der Waals surface area (Å²) in [5.41, 5.74) is 6.98. The smallest absolute Gasteiger partial charge is 0.321 e. The van der Waals surface area contributed by atoms with Crippen LogP contribution in [0.25, 0.3) is 5.65 Å². The molecule has 2 N–H and O–H groups in total. The van der Waals surface area contributed by atoms with Crippen LogP contribution in [0.2, 0.25) is 10.0 Å². The van der Waals surface area contributed by atoms with Crippen molar-refractivity contribution in [3.05, 3.63) is 64.5 Å². The molecule has 186 valence electrons. The van der Waals surface area contributed by atoms with Crippen LogP contribution in [0, 0.1) is 0 Å². The summed E-state index contributed by atoms with van der Waals surface area (Å²) < 4.78 is 34.6. The Morgan fingerprint density at radius 1 is 1.31 bits per heavy atom. The zero-order valence-electron chi connectivity index (χ0n) is 18.9. The number of likely N-dealkylation sites (N-methyl/N-ethyl adjacent to an activating group) is 1. The van der Waals surface area contributed by atoms with Crippen LogP contribution in [0.3, 0.4) is 0 Å². The van der Waals surface area contributed by atoms with Gasteiger partial charge in [-0.15, -0.1) is 0 Å². The topological polar surface area (TPSA) is 107 Å². The summed E-state index contributed by atoms with van der Waals surface area (Å²) in [6.07, 6.45) is 7.58. The minimum atomic E-state index is -4.09. The first-order chi connectivity index (χ1) is 16.6. The molecule has 2 atom stereocenters. The SMILES string of the molecule is CN(CC(=O)OC1CCCCC1(C(N)=S)c1ccc2nccn2c1)S(=O)(=O)c1cccc(Cl)c1Cl. The van der Waals surface area contributed by atoms with Crippen LogP contribution in [0.1, 0.15) is 31.2 Å². The number of ether oxygens (including phenoxy) is 1. The second-order valence-electron chi connectivity index (χ2n) is 8.48. The number of carbonyl (C=O) groups is 1. The van der Waals surface area contributed by atoms with Gasteiger partial charge in [0.2, 0.25) is 10.0 Å². The van der Waals surface area contributed by atoms with Crippen molar-refractivity contribution in [3.8, 4) is 0 Å². The molecule has 2 aromatic heterocycles. The predicted molar refractivity (Wildman–Crippen MR) is 138 cm³/mol. The van der Waals surface area contributed by atoms with E-state index < -0.39 is 34.1 Å². The molecule has 0 spiro atoms. The van der Waals surface area contributed by atoms with E-state index in [1.54, 1.807) is 6.20 Å². The van der Waals surface area contributed by atoms with Gasteiger partial charge in [0.05, 0.1) is 20.4 Å². The second-order valence-corrected chi connectivity index (χ2v) is 11.7. The lowest BCUT2D eigenvalue weighted by Crippen LogP contribution is -2.53. The highest BCUT2D eigenvalue weighted by molar-refractivity contribution is 7.89. The molecule has 1 aliphatic rings.